The number of rotatable bonds is 5. The van der Waals surface area contributed by atoms with Crippen molar-refractivity contribution in [1.29, 1.82) is 5.26 Å². The van der Waals surface area contributed by atoms with Crippen molar-refractivity contribution in [2.75, 3.05) is 7.11 Å². The largest absolute Gasteiger partial charge is 0.497 e. The summed E-state index contributed by atoms with van der Waals surface area (Å²) in [7, 11) is 1.51. The SMILES string of the molecule is CCC(C#N)NC(=O)C(O)c1cccc(OC)c1. The van der Waals surface area contributed by atoms with Crippen LogP contribution < -0.4 is 10.1 Å². The van der Waals surface area contributed by atoms with Crippen LogP contribution in [0.15, 0.2) is 24.3 Å². The minimum Gasteiger partial charge on any atom is -0.497 e. The van der Waals surface area contributed by atoms with Crippen LogP contribution in [0.4, 0.5) is 0 Å². The summed E-state index contributed by atoms with van der Waals surface area (Å²) in [5.74, 6) is -0.0247. The first-order valence-electron chi connectivity index (χ1n) is 5.64. The molecule has 0 aromatic heterocycles. The van der Waals surface area contributed by atoms with Crippen molar-refractivity contribution in [2.24, 2.45) is 0 Å². The van der Waals surface area contributed by atoms with Gasteiger partial charge in [-0.15, -0.1) is 0 Å². The van der Waals surface area contributed by atoms with E-state index in [9.17, 15) is 9.90 Å². The second-order valence-corrected chi connectivity index (χ2v) is 3.78. The number of nitriles is 1. The topological polar surface area (TPSA) is 82.4 Å². The first-order chi connectivity index (χ1) is 8.62. The monoisotopic (exact) mass is 248 g/mol. The smallest absolute Gasteiger partial charge is 0.254 e. The molecule has 1 rings (SSSR count). The molecule has 0 saturated heterocycles. The van der Waals surface area contributed by atoms with Gasteiger partial charge in [-0.2, -0.15) is 5.26 Å². The molecule has 2 N–H and O–H groups in total. The standard InChI is InChI=1S/C13H16N2O3/c1-3-10(8-14)15-13(17)12(16)9-5-4-6-11(7-9)18-2/h4-7,10,12,16H,3H2,1-2H3,(H,15,17). The Hall–Kier alpha value is -2.06. The number of aliphatic hydroxyl groups is 1. The predicted molar refractivity (Wildman–Crippen MR) is 65.8 cm³/mol. The Morgan fingerprint density at radius 1 is 1.61 bits per heavy atom. The Morgan fingerprint density at radius 2 is 2.33 bits per heavy atom. The maximum atomic E-state index is 11.7. The number of hydrogen-bond acceptors (Lipinski definition) is 4. The van der Waals surface area contributed by atoms with Crippen molar-refractivity contribution in [3.63, 3.8) is 0 Å². The number of nitrogens with zero attached hydrogens (tertiary/aromatic N) is 1. The van der Waals surface area contributed by atoms with Gasteiger partial charge < -0.3 is 15.2 Å². The lowest BCUT2D eigenvalue weighted by molar-refractivity contribution is -0.130. The third kappa shape index (κ3) is 3.47. The number of amides is 1. The van der Waals surface area contributed by atoms with E-state index in [0.717, 1.165) is 0 Å². The van der Waals surface area contributed by atoms with E-state index >= 15 is 0 Å². The molecule has 0 aliphatic carbocycles. The summed E-state index contributed by atoms with van der Waals surface area (Å²) in [6.45, 7) is 1.78. The summed E-state index contributed by atoms with van der Waals surface area (Å²) in [6.07, 6.45) is -0.810. The highest BCUT2D eigenvalue weighted by atomic mass is 16.5. The van der Waals surface area contributed by atoms with E-state index in [-0.39, 0.29) is 0 Å². The van der Waals surface area contributed by atoms with Crippen LogP contribution in [0.1, 0.15) is 25.0 Å². The van der Waals surface area contributed by atoms with Crippen LogP contribution in [0.2, 0.25) is 0 Å². The number of carbonyl (C=O) groups excluding carboxylic acids is 1. The van der Waals surface area contributed by atoms with Crippen LogP contribution >= 0.6 is 0 Å². The van der Waals surface area contributed by atoms with E-state index in [0.29, 0.717) is 17.7 Å². The average Bonchev–Trinajstić information content (AvgIpc) is 2.43. The molecule has 0 spiro atoms. The average molecular weight is 248 g/mol. The number of aliphatic hydroxyl groups excluding tert-OH is 1. The Balaban J connectivity index is 2.77. The number of methoxy groups -OCH3 is 1. The van der Waals surface area contributed by atoms with Gasteiger partial charge in [0, 0.05) is 0 Å². The van der Waals surface area contributed by atoms with E-state index in [1.165, 1.54) is 7.11 Å². The molecule has 2 atom stereocenters. The van der Waals surface area contributed by atoms with Gasteiger partial charge in [-0.05, 0) is 24.1 Å². The van der Waals surface area contributed by atoms with Crippen molar-refractivity contribution >= 4 is 5.91 Å². The van der Waals surface area contributed by atoms with Crippen molar-refractivity contribution < 1.29 is 14.6 Å². The number of ether oxygens (including phenoxy) is 1. The molecule has 2 unspecified atom stereocenters. The normalized spacial score (nSPS) is 13.2. The van der Waals surface area contributed by atoms with Gasteiger partial charge in [-0.1, -0.05) is 19.1 Å². The molecular weight excluding hydrogens is 232 g/mol. The molecule has 0 heterocycles. The third-order valence-corrected chi connectivity index (χ3v) is 2.54. The van der Waals surface area contributed by atoms with Crippen molar-refractivity contribution in [3.8, 4) is 11.8 Å². The fourth-order valence-corrected chi connectivity index (χ4v) is 1.44. The van der Waals surface area contributed by atoms with Crippen LogP contribution in [-0.2, 0) is 4.79 Å². The van der Waals surface area contributed by atoms with Crippen molar-refractivity contribution in [1.82, 2.24) is 5.32 Å². The quantitative estimate of drug-likeness (QED) is 0.818. The maximum absolute atomic E-state index is 11.7. The van der Waals surface area contributed by atoms with Gasteiger partial charge in [0.1, 0.15) is 11.8 Å². The first-order valence-corrected chi connectivity index (χ1v) is 5.64. The van der Waals surface area contributed by atoms with E-state index < -0.39 is 18.1 Å². The van der Waals surface area contributed by atoms with Crippen LogP contribution in [0.5, 0.6) is 5.75 Å². The number of benzene rings is 1. The number of hydrogen-bond donors (Lipinski definition) is 2. The highest BCUT2D eigenvalue weighted by Gasteiger charge is 2.20. The predicted octanol–water partition coefficient (Wildman–Crippen LogP) is 1.15. The molecule has 1 aromatic rings. The molecule has 1 aromatic carbocycles. The Bertz CT molecular complexity index is 454. The summed E-state index contributed by atoms with van der Waals surface area (Å²) in [6, 6.07) is 7.97. The lowest BCUT2D eigenvalue weighted by atomic mass is 10.1. The van der Waals surface area contributed by atoms with E-state index in [2.05, 4.69) is 5.32 Å². The minimum atomic E-state index is -1.30. The molecule has 0 aliphatic rings. The number of nitrogens with one attached hydrogen (secondary N) is 1. The molecule has 96 valence electrons. The van der Waals surface area contributed by atoms with Gasteiger partial charge >= 0.3 is 0 Å². The Morgan fingerprint density at radius 3 is 2.89 bits per heavy atom. The summed E-state index contributed by atoms with van der Waals surface area (Å²) in [4.78, 5) is 11.7. The maximum Gasteiger partial charge on any atom is 0.254 e. The molecule has 0 saturated carbocycles. The van der Waals surface area contributed by atoms with E-state index in [1.807, 2.05) is 6.07 Å². The second kappa shape index (κ2) is 6.62. The van der Waals surface area contributed by atoms with Gasteiger partial charge in [-0.3, -0.25) is 4.79 Å². The van der Waals surface area contributed by atoms with Crippen molar-refractivity contribution in [3.05, 3.63) is 29.8 Å². The lowest BCUT2D eigenvalue weighted by Crippen LogP contribution is -2.36. The zero-order chi connectivity index (χ0) is 13.5. The fourth-order valence-electron chi connectivity index (χ4n) is 1.44. The Labute approximate surface area is 106 Å². The molecule has 5 heteroatoms. The molecular formula is C13H16N2O3. The minimum absolute atomic E-state index is 0.430. The molecule has 5 nitrogen and oxygen atoms in total. The van der Waals surface area contributed by atoms with Gasteiger partial charge in [0.15, 0.2) is 6.10 Å². The highest BCUT2D eigenvalue weighted by molar-refractivity contribution is 5.82. The van der Waals surface area contributed by atoms with Gasteiger partial charge in [0.25, 0.3) is 5.91 Å². The zero-order valence-corrected chi connectivity index (χ0v) is 10.4. The van der Waals surface area contributed by atoms with E-state index in [4.69, 9.17) is 10.00 Å². The second-order valence-electron chi connectivity index (χ2n) is 3.78. The summed E-state index contributed by atoms with van der Waals surface area (Å²) < 4.78 is 5.01. The van der Waals surface area contributed by atoms with Crippen LogP contribution in [0, 0.1) is 11.3 Å². The fraction of sp³-hybridized carbons (Fsp3) is 0.385. The molecule has 0 radical (unpaired) electrons. The molecule has 0 fully saturated rings. The van der Waals surface area contributed by atoms with Crippen LogP contribution in [0.25, 0.3) is 0 Å². The summed E-state index contributed by atoms with van der Waals surface area (Å²) in [5.41, 5.74) is 0.430. The van der Waals surface area contributed by atoms with Crippen LogP contribution in [0.3, 0.4) is 0 Å². The van der Waals surface area contributed by atoms with Gasteiger partial charge in [0.2, 0.25) is 0 Å². The Kier molecular flexibility index (Phi) is 5.15. The van der Waals surface area contributed by atoms with Gasteiger partial charge in [0.05, 0.1) is 13.2 Å². The van der Waals surface area contributed by atoms with Crippen molar-refractivity contribution in [2.45, 2.75) is 25.5 Å². The third-order valence-electron chi connectivity index (χ3n) is 2.54. The molecule has 18 heavy (non-hydrogen) atoms. The van der Waals surface area contributed by atoms with Crippen LogP contribution in [-0.4, -0.2) is 24.2 Å². The summed E-state index contributed by atoms with van der Waals surface area (Å²) >= 11 is 0. The van der Waals surface area contributed by atoms with E-state index in [1.54, 1.807) is 31.2 Å². The summed E-state index contributed by atoms with van der Waals surface area (Å²) in [5, 5.41) is 21.1. The molecule has 0 aliphatic heterocycles. The zero-order valence-electron chi connectivity index (χ0n) is 10.4. The first kappa shape index (κ1) is 14.0. The molecule has 1 amide bonds. The lowest BCUT2D eigenvalue weighted by Gasteiger charge is -2.14. The van der Waals surface area contributed by atoms with Gasteiger partial charge in [-0.25, -0.2) is 0 Å². The highest BCUT2D eigenvalue weighted by Crippen LogP contribution is 2.19. The number of carbonyl (C=O) groups is 1. The molecule has 0 bridgehead atoms.